The zero-order valence-corrected chi connectivity index (χ0v) is 15.6. The van der Waals surface area contributed by atoms with Crippen molar-refractivity contribution in [3.8, 4) is 11.8 Å². The van der Waals surface area contributed by atoms with Gasteiger partial charge in [-0.25, -0.2) is 9.59 Å². The lowest BCUT2D eigenvalue weighted by Crippen LogP contribution is -2.42. The highest BCUT2D eigenvalue weighted by atomic mass is 16.6. The van der Waals surface area contributed by atoms with Crippen LogP contribution in [0.1, 0.15) is 31.9 Å². The summed E-state index contributed by atoms with van der Waals surface area (Å²) in [6.07, 6.45) is -0.741. The van der Waals surface area contributed by atoms with Crippen molar-refractivity contribution < 1.29 is 23.8 Å². The van der Waals surface area contributed by atoms with Crippen molar-refractivity contribution in [2.75, 3.05) is 6.61 Å². The van der Waals surface area contributed by atoms with Crippen LogP contribution in [0.2, 0.25) is 0 Å². The third-order valence-corrected chi connectivity index (χ3v) is 3.92. The third-order valence-electron chi connectivity index (χ3n) is 3.92. The van der Waals surface area contributed by atoms with Gasteiger partial charge in [-0.15, -0.1) is 0 Å². The van der Waals surface area contributed by atoms with Crippen molar-refractivity contribution in [3.63, 3.8) is 0 Å². The second kappa shape index (κ2) is 8.60. The van der Waals surface area contributed by atoms with Crippen LogP contribution in [-0.2, 0) is 19.6 Å². The Morgan fingerprint density at radius 1 is 1.11 bits per heavy atom. The second-order valence-electron chi connectivity index (χ2n) is 7.11. The van der Waals surface area contributed by atoms with E-state index in [4.69, 9.17) is 25.7 Å². The van der Waals surface area contributed by atoms with Gasteiger partial charge in [0.05, 0.1) is 0 Å². The average Bonchev–Trinajstić information content (AvgIpc) is 2.58. The summed E-state index contributed by atoms with van der Waals surface area (Å²) in [5.41, 5.74) is 12.2. The van der Waals surface area contributed by atoms with Gasteiger partial charge in [0.25, 0.3) is 0 Å². The van der Waals surface area contributed by atoms with Gasteiger partial charge >= 0.3 is 12.2 Å². The van der Waals surface area contributed by atoms with E-state index in [2.05, 4.69) is 32.6 Å². The number of hydrogen-bond donors (Lipinski definition) is 2. The van der Waals surface area contributed by atoms with E-state index in [-0.39, 0.29) is 12.0 Å². The Bertz CT molecular complexity index is 768. The van der Waals surface area contributed by atoms with Gasteiger partial charge in [-0.05, 0) is 35.3 Å². The van der Waals surface area contributed by atoms with Gasteiger partial charge in [-0.3, -0.25) is 0 Å². The van der Waals surface area contributed by atoms with Crippen molar-refractivity contribution in [2.24, 2.45) is 11.5 Å². The Labute approximate surface area is 158 Å². The Hall–Kier alpha value is -2.98. The summed E-state index contributed by atoms with van der Waals surface area (Å²) in [6.45, 7) is 6.25. The topological polar surface area (TPSA) is 114 Å². The van der Waals surface area contributed by atoms with Crippen LogP contribution < -0.4 is 11.5 Å². The second-order valence-corrected chi connectivity index (χ2v) is 7.11. The van der Waals surface area contributed by atoms with Crippen LogP contribution in [0.15, 0.2) is 36.4 Å². The van der Waals surface area contributed by atoms with Crippen LogP contribution in [0.5, 0.6) is 0 Å². The summed E-state index contributed by atoms with van der Waals surface area (Å²) < 4.78 is 15.4. The lowest BCUT2D eigenvalue weighted by Gasteiger charge is -2.29. The van der Waals surface area contributed by atoms with E-state index >= 15 is 0 Å². The SMILES string of the molecule is CC(C)(C)c1ccc(C#C[C@@H]2C=C[C@@H](OC(N)=O)[C@@H](COC(N)=O)O2)cc1. The van der Waals surface area contributed by atoms with E-state index in [1.807, 2.05) is 24.3 Å². The lowest BCUT2D eigenvalue weighted by molar-refractivity contribution is -0.0670. The van der Waals surface area contributed by atoms with Crippen LogP contribution in [0.25, 0.3) is 0 Å². The van der Waals surface area contributed by atoms with Gasteiger partial charge in [0.15, 0.2) is 6.10 Å². The fourth-order valence-corrected chi connectivity index (χ4v) is 2.48. The molecule has 2 amide bonds. The van der Waals surface area contributed by atoms with Crippen LogP contribution in [0.3, 0.4) is 0 Å². The normalized spacial score (nSPS) is 21.7. The Morgan fingerprint density at radius 3 is 2.33 bits per heavy atom. The molecule has 2 rings (SSSR count). The zero-order chi connectivity index (χ0) is 20.0. The Kier molecular flexibility index (Phi) is 6.48. The molecule has 0 aliphatic carbocycles. The number of carbonyl (C=O) groups excluding carboxylic acids is 2. The monoisotopic (exact) mass is 372 g/mol. The highest BCUT2D eigenvalue weighted by Gasteiger charge is 2.30. The zero-order valence-electron chi connectivity index (χ0n) is 15.6. The molecule has 0 saturated heterocycles. The predicted octanol–water partition coefficient (Wildman–Crippen LogP) is 2.22. The summed E-state index contributed by atoms with van der Waals surface area (Å²) in [7, 11) is 0. The standard InChI is InChI=1S/C20H24N2O5/c1-20(2,3)14-7-4-13(5-8-14)6-9-15-10-11-16(27-19(22)24)17(26-15)12-25-18(21)23/h4-5,7-8,10-11,15-17H,12H2,1-3H3,(H2,21,23)(H2,22,24)/t15-,16-,17-/m1/s1. The number of hydrogen-bond acceptors (Lipinski definition) is 5. The predicted molar refractivity (Wildman–Crippen MR) is 99.8 cm³/mol. The van der Waals surface area contributed by atoms with Crippen LogP contribution in [0.4, 0.5) is 9.59 Å². The Morgan fingerprint density at radius 2 is 1.78 bits per heavy atom. The molecule has 3 atom stereocenters. The van der Waals surface area contributed by atoms with Crippen molar-refractivity contribution >= 4 is 12.2 Å². The minimum atomic E-state index is -0.958. The summed E-state index contributed by atoms with van der Waals surface area (Å²) >= 11 is 0. The van der Waals surface area contributed by atoms with Crippen LogP contribution in [0, 0.1) is 11.8 Å². The molecule has 1 heterocycles. The molecule has 0 fully saturated rings. The smallest absolute Gasteiger partial charge is 0.405 e. The van der Waals surface area contributed by atoms with Crippen molar-refractivity contribution in [1.82, 2.24) is 0 Å². The van der Waals surface area contributed by atoms with Gasteiger partial charge in [-0.2, -0.15) is 0 Å². The first-order chi connectivity index (χ1) is 12.6. The van der Waals surface area contributed by atoms with Crippen LogP contribution >= 0.6 is 0 Å². The van der Waals surface area contributed by atoms with Crippen LogP contribution in [-0.4, -0.2) is 37.1 Å². The van der Waals surface area contributed by atoms with Gasteiger partial charge in [0.1, 0.15) is 18.8 Å². The maximum Gasteiger partial charge on any atom is 0.405 e. The minimum Gasteiger partial charge on any atom is -0.447 e. The highest BCUT2D eigenvalue weighted by Crippen LogP contribution is 2.22. The summed E-state index contributed by atoms with van der Waals surface area (Å²) in [4.78, 5) is 21.8. The molecule has 1 aliphatic heterocycles. The first kappa shape index (κ1) is 20.3. The van der Waals surface area contributed by atoms with E-state index in [9.17, 15) is 9.59 Å². The maximum atomic E-state index is 11.0. The first-order valence-electron chi connectivity index (χ1n) is 8.49. The van der Waals surface area contributed by atoms with E-state index in [1.165, 1.54) is 5.56 Å². The number of ether oxygens (including phenoxy) is 3. The molecule has 7 nitrogen and oxygen atoms in total. The number of amides is 2. The Balaban J connectivity index is 2.09. The fraction of sp³-hybridized carbons (Fsp3) is 0.400. The fourth-order valence-electron chi connectivity index (χ4n) is 2.48. The number of rotatable bonds is 3. The van der Waals surface area contributed by atoms with Crippen molar-refractivity contribution in [3.05, 3.63) is 47.5 Å². The molecule has 0 bridgehead atoms. The molecule has 0 saturated carbocycles. The number of carbonyl (C=O) groups is 2. The van der Waals surface area contributed by atoms with Crippen molar-refractivity contribution in [2.45, 2.75) is 44.5 Å². The molecule has 1 aromatic carbocycles. The largest absolute Gasteiger partial charge is 0.447 e. The number of nitrogens with two attached hydrogens (primary N) is 2. The van der Waals surface area contributed by atoms with E-state index in [0.717, 1.165) is 5.56 Å². The molecule has 0 spiro atoms. The molecule has 27 heavy (non-hydrogen) atoms. The molecular weight excluding hydrogens is 348 g/mol. The van der Waals surface area contributed by atoms with Gasteiger partial charge in [-0.1, -0.05) is 44.7 Å². The molecule has 0 radical (unpaired) electrons. The van der Waals surface area contributed by atoms with Crippen molar-refractivity contribution in [1.29, 1.82) is 0 Å². The van der Waals surface area contributed by atoms with Gasteiger partial charge in [0.2, 0.25) is 0 Å². The maximum absolute atomic E-state index is 11.0. The molecule has 1 aromatic rings. The number of benzene rings is 1. The lowest BCUT2D eigenvalue weighted by atomic mass is 9.87. The van der Waals surface area contributed by atoms with Gasteiger partial charge in [0, 0.05) is 5.56 Å². The third kappa shape index (κ3) is 6.35. The molecule has 0 aromatic heterocycles. The molecular formula is C20H24N2O5. The van der Waals surface area contributed by atoms with E-state index < -0.39 is 30.5 Å². The molecule has 1 aliphatic rings. The molecule has 144 valence electrons. The minimum absolute atomic E-state index is 0.0737. The molecule has 4 N–H and O–H groups in total. The summed E-state index contributed by atoms with van der Waals surface area (Å²) in [5, 5.41) is 0. The van der Waals surface area contributed by atoms with E-state index in [0.29, 0.717) is 0 Å². The average molecular weight is 372 g/mol. The quantitative estimate of drug-likeness (QED) is 0.624. The summed E-state index contributed by atoms with van der Waals surface area (Å²) in [5.74, 6) is 6.03. The highest BCUT2D eigenvalue weighted by molar-refractivity contribution is 5.65. The molecule has 0 unspecified atom stereocenters. The number of primary amides is 2. The van der Waals surface area contributed by atoms with Gasteiger partial charge < -0.3 is 25.7 Å². The summed E-state index contributed by atoms with van der Waals surface area (Å²) in [6, 6.07) is 7.99. The van der Waals surface area contributed by atoms with E-state index in [1.54, 1.807) is 12.2 Å². The molecule has 7 heteroatoms. The first-order valence-corrected chi connectivity index (χ1v) is 8.49.